The van der Waals surface area contributed by atoms with Gasteiger partial charge >= 0.3 is 0 Å². The predicted octanol–water partition coefficient (Wildman–Crippen LogP) is 5.85. The zero-order valence-electron chi connectivity index (χ0n) is 18.1. The molecule has 0 fully saturated rings. The van der Waals surface area contributed by atoms with Crippen molar-refractivity contribution in [3.8, 4) is 17.6 Å². The number of hydrogen-bond donors (Lipinski definition) is 1. The molecule has 1 amide bonds. The molecule has 1 atom stereocenters. The van der Waals surface area contributed by atoms with Crippen LogP contribution in [0.4, 0.5) is 4.39 Å². The van der Waals surface area contributed by atoms with Gasteiger partial charge in [-0.15, -0.1) is 0 Å². The fraction of sp³-hybridized carbons (Fsp3) is 0.154. The van der Waals surface area contributed by atoms with Gasteiger partial charge in [0, 0.05) is 11.1 Å². The van der Waals surface area contributed by atoms with Crippen LogP contribution < -0.4 is 14.8 Å². The van der Waals surface area contributed by atoms with E-state index >= 15 is 0 Å². The van der Waals surface area contributed by atoms with Crippen molar-refractivity contribution in [2.75, 3.05) is 7.11 Å². The van der Waals surface area contributed by atoms with Gasteiger partial charge in [0.05, 0.1) is 18.2 Å². The smallest absolute Gasteiger partial charge is 0.262 e. The Kier molecular flexibility index (Phi) is 8.06. The predicted molar refractivity (Wildman–Crippen MR) is 125 cm³/mol. The number of nitrogens with one attached hydrogen (secondary N) is 1. The first-order chi connectivity index (χ1) is 15.9. The highest BCUT2D eigenvalue weighted by atomic mass is 35.5. The average Bonchev–Trinajstić information content (AvgIpc) is 2.83. The highest BCUT2D eigenvalue weighted by Crippen LogP contribution is 2.34. The summed E-state index contributed by atoms with van der Waals surface area (Å²) in [6.45, 7) is 1.67. The molecule has 33 heavy (non-hydrogen) atoms. The minimum absolute atomic E-state index is 0.111. The number of para-hydroxylation sites is 1. The first kappa shape index (κ1) is 23.8. The van der Waals surface area contributed by atoms with E-state index in [0.29, 0.717) is 11.3 Å². The first-order valence-electron chi connectivity index (χ1n) is 10.1. The number of carbonyl (C=O) groups is 1. The standard InChI is InChI=1S/C26H22ClFN2O3/c1-17(18-8-4-3-5-9-18)30-26(31)20(15-29)14-19-10-6-13-24(32-2)25(19)33-16-21-22(27)11-7-12-23(21)28/h3-14,17H,16H2,1-2H3,(H,30,31)/b20-14-/t17-/m0/s1. The topological polar surface area (TPSA) is 71.3 Å². The summed E-state index contributed by atoms with van der Waals surface area (Å²) in [5.41, 5.74) is 1.42. The molecule has 3 aromatic rings. The van der Waals surface area contributed by atoms with Crippen LogP contribution in [-0.4, -0.2) is 13.0 Å². The van der Waals surface area contributed by atoms with E-state index in [-0.39, 0.29) is 34.6 Å². The molecular formula is C26H22ClFN2O3. The zero-order chi connectivity index (χ0) is 23.8. The maximum atomic E-state index is 14.2. The van der Waals surface area contributed by atoms with Crippen LogP contribution in [0.25, 0.3) is 6.08 Å². The molecule has 0 saturated heterocycles. The van der Waals surface area contributed by atoms with Crippen molar-refractivity contribution in [1.29, 1.82) is 5.26 Å². The Morgan fingerprint density at radius 2 is 1.88 bits per heavy atom. The van der Waals surface area contributed by atoms with Crippen LogP contribution in [0.2, 0.25) is 5.02 Å². The fourth-order valence-electron chi connectivity index (χ4n) is 3.18. The zero-order valence-corrected chi connectivity index (χ0v) is 18.9. The highest BCUT2D eigenvalue weighted by molar-refractivity contribution is 6.31. The quantitative estimate of drug-likeness (QED) is 0.335. The molecular weight excluding hydrogens is 443 g/mol. The minimum Gasteiger partial charge on any atom is -0.493 e. The van der Waals surface area contributed by atoms with Crippen LogP contribution in [0.3, 0.4) is 0 Å². The van der Waals surface area contributed by atoms with Crippen molar-refractivity contribution in [2.24, 2.45) is 0 Å². The van der Waals surface area contributed by atoms with Gasteiger partial charge in [0.15, 0.2) is 11.5 Å². The Morgan fingerprint density at radius 1 is 1.15 bits per heavy atom. The van der Waals surface area contributed by atoms with Crippen LogP contribution in [0.1, 0.15) is 29.7 Å². The first-order valence-corrected chi connectivity index (χ1v) is 10.5. The molecule has 3 rings (SSSR count). The number of methoxy groups -OCH3 is 1. The number of rotatable bonds is 8. The summed E-state index contributed by atoms with van der Waals surface area (Å²) in [5.74, 6) is -0.399. The van der Waals surface area contributed by atoms with E-state index in [2.05, 4.69) is 5.32 Å². The maximum absolute atomic E-state index is 14.2. The number of ether oxygens (including phenoxy) is 2. The molecule has 0 aliphatic rings. The number of carbonyl (C=O) groups excluding carboxylic acids is 1. The third-order valence-electron chi connectivity index (χ3n) is 4.96. The van der Waals surface area contributed by atoms with Crippen molar-refractivity contribution in [3.63, 3.8) is 0 Å². The molecule has 3 aromatic carbocycles. The maximum Gasteiger partial charge on any atom is 0.262 e. The summed E-state index contributed by atoms with van der Waals surface area (Å²) in [4.78, 5) is 12.8. The van der Waals surface area contributed by atoms with E-state index in [9.17, 15) is 14.4 Å². The third-order valence-corrected chi connectivity index (χ3v) is 5.32. The molecule has 0 unspecified atom stereocenters. The molecule has 0 aliphatic carbocycles. The number of benzene rings is 3. The lowest BCUT2D eigenvalue weighted by molar-refractivity contribution is -0.117. The van der Waals surface area contributed by atoms with Crippen molar-refractivity contribution in [3.05, 3.63) is 99.8 Å². The van der Waals surface area contributed by atoms with E-state index in [4.69, 9.17) is 21.1 Å². The molecule has 0 heterocycles. The number of halogens is 2. The van der Waals surface area contributed by atoms with Gasteiger partial charge in [0.1, 0.15) is 24.1 Å². The Hall–Kier alpha value is -3.82. The van der Waals surface area contributed by atoms with E-state index in [1.807, 2.05) is 43.3 Å². The van der Waals surface area contributed by atoms with Gasteiger partial charge < -0.3 is 14.8 Å². The minimum atomic E-state index is -0.528. The average molecular weight is 465 g/mol. The summed E-state index contributed by atoms with van der Waals surface area (Å²) in [6, 6.07) is 20.5. The lowest BCUT2D eigenvalue weighted by atomic mass is 10.1. The van der Waals surface area contributed by atoms with Crippen LogP contribution in [0.5, 0.6) is 11.5 Å². The molecule has 0 saturated carbocycles. The number of amides is 1. The molecule has 0 aliphatic heterocycles. The van der Waals surface area contributed by atoms with Crippen molar-refractivity contribution in [2.45, 2.75) is 19.6 Å². The monoisotopic (exact) mass is 464 g/mol. The lowest BCUT2D eigenvalue weighted by Gasteiger charge is -2.16. The van der Waals surface area contributed by atoms with E-state index in [1.54, 1.807) is 24.3 Å². The lowest BCUT2D eigenvalue weighted by Crippen LogP contribution is -2.27. The SMILES string of the molecule is COc1cccc(/C=C(/C#N)C(=O)N[C@@H](C)c2ccccc2)c1OCc1c(F)cccc1Cl. The molecule has 7 heteroatoms. The molecule has 0 bridgehead atoms. The summed E-state index contributed by atoms with van der Waals surface area (Å²) in [5, 5.41) is 12.7. The second-order valence-electron chi connectivity index (χ2n) is 7.14. The van der Waals surface area contributed by atoms with Crippen molar-refractivity contribution >= 4 is 23.6 Å². The van der Waals surface area contributed by atoms with Gasteiger partial charge in [-0.05, 0) is 36.8 Å². The normalized spacial score (nSPS) is 11.9. The van der Waals surface area contributed by atoms with Gasteiger partial charge in [-0.25, -0.2) is 4.39 Å². The van der Waals surface area contributed by atoms with Crippen molar-refractivity contribution < 1.29 is 18.7 Å². The van der Waals surface area contributed by atoms with E-state index in [1.165, 1.54) is 25.3 Å². The van der Waals surface area contributed by atoms with Gasteiger partial charge in [-0.3, -0.25) is 4.79 Å². The van der Waals surface area contributed by atoms with Crippen LogP contribution in [0.15, 0.2) is 72.3 Å². The van der Waals surface area contributed by atoms with E-state index < -0.39 is 11.7 Å². The Morgan fingerprint density at radius 3 is 2.55 bits per heavy atom. The molecule has 0 radical (unpaired) electrons. The summed E-state index contributed by atoms with van der Waals surface area (Å²) in [7, 11) is 1.46. The van der Waals surface area contributed by atoms with E-state index in [0.717, 1.165) is 5.56 Å². The van der Waals surface area contributed by atoms with Crippen LogP contribution in [0, 0.1) is 17.1 Å². The van der Waals surface area contributed by atoms with Gasteiger partial charge in [-0.2, -0.15) is 5.26 Å². The molecule has 0 spiro atoms. The highest BCUT2D eigenvalue weighted by Gasteiger charge is 2.17. The van der Waals surface area contributed by atoms with Gasteiger partial charge in [0.2, 0.25) is 0 Å². The van der Waals surface area contributed by atoms with Crippen LogP contribution in [-0.2, 0) is 11.4 Å². The second-order valence-corrected chi connectivity index (χ2v) is 7.55. The van der Waals surface area contributed by atoms with Crippen molar-refractivity contribution in [1.82, 2.24) is 5.32 Å². The van der Waals surface area contributed by atoms with Crippen LogP contribution >= 0.6 is 11.6 Å². The summed E-state index contributed by atoms with van der Waals surface area (Å²) < 4.78 is 25.4. The van der Waals surface area contributed by atoms with Gasteiger partial charge in [0.25, 0.3) is 5.91 Å². The molecule has 5 nitrogen and oxygen atoms in total. The second kappa shape index (κ2) is 11.2. The fourth-order valence-corrected chi connectivity index (χ4v) is 3.40. The third kappa shape index (κ3) is 5.91. The Labute approximate surface area is 197 Å². The molecule has 1 N–H and O–H groups in total. The number of nitriles is 1. The number of hydrogen-bond acceptors (Lipinski definition) is 4. The number of nitrogens with zero attached hydrogens (tertiary/aromatic N) is 1. The Bertz CT molecular complexity index is 1190. The largest absolute Gasteiger partial charge is 0.493 e. The molecule has 168 valence electrons. The summed E-state index contributed by atoms with van der Waals surface area (Å²) in [6.07, 6.45) is 1.41. The Balaban J connectivity index is 1.88. The summed E-state index contributed by atoms with van der Waals surface area (Å²) >= 11 is 6.10. The van der Waals surface area contributed by atoms with Gasteiger partial charge in [-0.1, -0.05) is 60.1 Å². The molecule has 0 aromatic heterocycles.